The number of anilines is 2. The smallest absolute Gasteiger partial charge is 0.367 e. The third-order valence-corrected chi connectivity index (χ3v) is 9.88. The highest BCUT2D eigenvalue weighted by Gasteiger charge is 2.29. The number of amides is 1. The summed E-state index contributed by atoms with van der Waals surface area (Å²) >= 11 is 1.06. The zero-order chi connectivity index (χ0) is 34.0. The summed E-state index contributed by atoms with van der Waals surface area (Å²) < 4.78 is 40.9. The monoisotopic (exact) mass is 672 g/mol. The number of nitrogens with zero attached hydrogens (tertiary/aromatic N) is 6. The van der Waals surface area contributed by atoms with Crippen LogP contribution in [-0.4, -0.2) is 55.6 Å². The second-order valence-corrected chi connectivity index (χ2v) is 13.2. The molecule has 0 saturated carbocycles. The number of alkyl halides is 3. The van der Waals surface area contributed by atoms with Gasteiger partial charge in [-0.3, -0.25) is 14.7 Å². The first-order chi connectivity index (χ1) is 23.0. The van der Waals surface area contributed by atoms with E-state index in [1.807, 2.05) is 29.7 Å². The van der Waals surface area contributed by atoms with Crippen molar-refractivity contribution in [3.8, 4) is 6.07 Å². The molecule has 1 fully saturated rings. The molecule has 0 bridgehead atoms. The fraction of sp³-hybridized carbons (Fsp3) is 0.343. The Morgan fingerprint density at radius 3 is 2.65 bits per heavy atom. The lowest BCUT2D eigenvalue weighted by atomic mass is 10.0. The van der Waals surface area contributed by atoms with Gasteiger partial charge < -0.3 is 15.2 Å². The number of hydrogen-bond acceptors (Lipinski definition) is 8. The number of aryl methyl sites for hydroxylation is 4. The highest BCUT2D eigenvalue weighted by molar-refractivity contribution is 7.18. The van der Waals surface area contributed by atoms with Gasteiger partial charge in [-0.05, 0) is 74.2 Å². The molecule has 1 aliphatic rings. The first-order valence-corrected chi connectivity index (χ1v) is 16.5. The standard InChI is InChI=1S/C35H35F3N8OS/c1-4-32(47)44-30-7-6-24(42-22(30)3)11-14-46-26(18-39)15-28-21(2)23(5-8-31(28)46)19-45-12-9-25(10-13-45)43-33-29-16-27(17-35(36,37)38)48-34(29)41-20-40-33/h4-8,15-16,20,25H,1,9-14,17,19H2,2-3H3,(H,44,47)(H,40,41,43). The molecule has 0 aliphatic carbocycles. The van der Waals surface area contributed by atoms with Crippen molar-refractivity contribution in [2.45, 2.75) is 64.8 Å². The van der Waals surface area contributed by atoms with E-state index < -0.39 is 12.6 Å². The van der Waals surface area contributed by atoms with Crippen molar-refractivity contribution in [1.29, 1.82) is 5.26 Å². The van der Waals surface area contributed by atoms with Crippen LogP contribution in [0.3, 0.4) is 0 Å². The number of pyridine rings is 1. The number of nitrogens with one attached hydrogen (secondary N) is 2. The molecule has 6 rings (SSSR count). The number of carbonyl (C=O) groups is 1. The van der Waals surface area contributed by atoms with Gasteiger partial charge in [0.2, 0.25) is 5.91 Å². The third-order valence-electron chi connectivity index (χ3n) is 8.84. The van der Waals surface area contributed by atoms with Crippen molar-refractivity contribution in [2.75, 3.05) is 23.7 Å². The topological polar surface area (TPSA) is 112 Å². The van der Waals surface area contributed by atoms with E-state index in [0.717, 1.165) is 66.0 Å². The summed E-state index contributed by atoms with van der Waals surface area (Å²) in [5.74, 6) is 0.299. The molecule has 48 heavy (non-hydrogen) atoms. The third kappa shape index (κ3) is 7.35. The summed E-state index contributed by atoms with van der Waals surface area (Å²) in [6.07, 6.45) is -0.242. The fourth-order valence-corrected chi connectivity index (χ4v) is 7.32. The van der Waals surface area contributed by atoms with Gasteiger partial charge in [0.05, 0.1) is 23.2 Å². The SMILES string of the molecule is C=CC(=O)Nc1ccc(CCn2c(C#N)cc3c(C)c(CN4CCC(Nc5ncnc6sc(CC(F)(F)F)cc56)CC4)ccc32)nc1C. The minimum Gasteiger partial charge on any atom is -0.367 e. The number of aromatic nitrogens is 4. The van der Waals surface area contributed by atoms with Gasteiger partial charge in [-0.25, -0.2) is 9.97 Å². The molecule has 0 spiro atoms. The number of hydrogen-bond donors (Lipinski definition) is 2. The van der Waals surface area contributed by atoms with E-state index in [2.05, 4.69) is 62.2 Å². The van der Waals surface area contributed by atoms with Gasteiger partial charge in [0.15, 0.2) is 0 Å². The molecule has 1 saturated heterocycles. The number of halogens is 3. The van der Waals surface area contributed by atoms with Gasteiger partial charge in [-0.2, -0.15) is 18.4 Å². The van der Waals surface area contributed by atoms with Gasteiger partial charge in [-0.1, -0.05) is 12.6 Å². The molecule has 1 aromatic carbocycles. The van der Waals surface area contributed by atoms with Crippen LogP contribution in [0.15, 0.2) is 55.4 Å². The number of benzene rings is 1. The summed E-state index contributed by atoms with van der Waals surface area (Å²) in [6.45, 7) is 10.5. The lowest BCUT2D eigenvalue weighted by molar-refractivity contribution is -0.126. The first kappa shape index (κ1) is 33.1. The van der Waals surface area contributed by atoms with Crippen molar-refractivity contribution in [2.24, 2.45) is 0 Å². The van der Waals surface area contributed by atoms with E-state index >= 15 is 0 Å². The molecular formula is C35H35F3N8OS. The maximum absolute atomic E-state index is 12.9. The van der Waals surface area contributed by atoms with Gasteiger partial charge >= 0.3 is 6.18 Å². The van der Waals surface area contributed by atoms with E-state index in [0.29, 0.717) is 46.1 Å². The van der Waals surface area contributed by atoms with Crippen LogP contribution in [0.2, 0.25) is 0 Å². The normalized spacial score (nSPS) is 14.3. The van der Waals surface area contributed by atoms with Gasteiger partial charge in [-0.15, -0.1) is 11.3 Å². The molecule has 5 heterocycles. The maximum Gasteiger partial charge on any atom is 0.393 e. The average molecular weight is 673 g/mol. The molecule has 1 amide bonds. The fourth-order valence-electron chi connectivity index (χ4n) is 6.30. The minimum absolute atomic E-state index is 0.154. The largest absolute Gasteiger partial charge is 0.393 e. The van der Waals surface area contributed by atoms with Gasteiger partial charge in [0.1, 0.15) is 28.7 Å². The summed E-state index contributed by atoms with van der Waals surface area (Å²) in [5, 5.41) is 17.9. The van der Waals surface area contributed by atoms with Crippen molar-refractivity contribution >= 4 is 49.9 Å². The van der Waals surface area contributed by atoms with E-state index in [-0.39, 0.29) is 16.8 Å². The molecule has 1 aliphatic heterocycles. The summed E-state index contributed by atoms with van der Waals surface area (Å²) in [5.41, 5.74) is 6.18. The van der Waals surface area contributed by atoms with Gasteiger partial charge in [0.25, 0.3) is 0 Å². The molecule has 248 valence electrons. The molecule has 0 atom stereocenters. The lowest BCUT2D eigenvalue weighted by Gasteiger charge is -2.33. The molecular weight excluding hydrogens is 638 g/mol. The predicted octanol–water partition coefficient (Wildman–Crippen LogP) is 7.08. The second kappa shape index (κ2) is 13.7. The lowest BCUT2D eigenvalue weighted by Crippen LogP contribution is -2.39. The summed E-state index contributed by atoms with van der Waals surface area (Å²) in [4.78, 5) is 28.0. The number of piperidine rings is 1. The van der Waals surface area contributed by atoms with Crippen LogP contribution < -0.4 is 10.6 Å². The van der Waals surface area contributed by atoms with Crippen LogP contribution in [0, 0.1) is 25.2 Å². The Balaban J connectivity index is 1.09. The molecule has 13 heteroatoms. The zero-order valence-corrected chi connectivity index (χ0v) is 27.5. The quantitative estimate of drug-likeness (QED) is 0.153. The highest BCUT2D eigenvalue weighted by atomic mass is 32.1. The van der Waals surface area contributed by atoms with Crippen molar-refractivity contribution in [3.05, 3.63) is 88.5 Å². The van der Waals surface area contributed by atoms with E-state index in [1.165, 1.54) is 18.0 Å². The number of nitriles is 1. The Hall–Kier alpha value is -4.80. The van der Waals surface area contributed by atoms with Crippen molar-refractivity contribution in [3.63, 3.8) is 0 Å². The number of fused-ring (bicyclic) bond motifs is 2. The zero-order valence-electron chi connectivity index (χ0n) is 26.7. The average Bonchev–Trinajstić information content (AvgIpc) is 3.63. The van der Waals surface area contributed by atoms with Crippen molar-refractivity contribution in [1.82, 2.24) is 24.4 Å². The second-order valence-electron chi connectivity index (χ2n) is 12.1. The van der Waals surface area contributed by atoms with Crippen LogP contribution >= 0.6 is 11.3 Å². The number of likely N-dealkylation sites (tertiary alicyclic amines) is 1. The Morgan fingerprint density at radius 2 is 1.94 bits per heavy atom. The summed E-state index contributed by atoms with van der Waals surface area (Å²) in [7, 11) is 0. The van der Waals surface area contributed by atoms with Gasteiger partial charge in [0, 0.05) is 60.1 Å². The van der Waals surface area contributed by atoms with E-state index in [1.54, 1.807) is 6.07 Å². The van der Waals surface area contributed by atoms with Crippen LogP contribution in [0.5, 0.6) is 0 Å². The number of carbonyl (C=O) groups excluding carboxylic acids is 1. The summed E-state index contributed by atoms with van der Waals surface area (Å²) in [6, 6.07) is 14.0. The minimum atomic E-state index is -4.27. The Bertz CT molecular complexity index is 2040. The molecule has 5 aromatic rings. The maximum atomic E-state index is 12.9. The van der Waals surface area contributed by atoms with Crippen LogP contribution in [0.4, 0.5) is 24.7 Å². The first-order valence-electron chi connectivity index (χ1n) is 15.7. The van der Waals surface area contributed by atoms with Crippen molar-refractivity contribution < 1.29 is 18.0 Å². The Labute approximate surface area is 280 Å². The molecule has 4 aromatic heterocycles. The Kier molecular flexibility index (Phi) is 9.48. The molecule has 0 unspecified atom stereocenters. The molecule has 9 nitrogen and oxygen atoms in total. The Morgan fingerprint density at radius 1 is 1.15 bits per heavy atom. The molecule has 0 radical (unpaired) electrons. The van der Waals surface area contributed by atoms with Crippen LogP contribution in [-0.2, 0) is 30.7 Å². The van der Waals surface area contributed by atoms with Crippen LogP contribution in [0.25, 0.3) is 21.1 Å². The molecule has 2 N–H and O–H groups in total. The van der Waals surface area contributed by atoms with E-state index in [9.17, 15) is 23.2 Å². The number of rotatable bonds is 10. The highest BCUT2D eigenvalue weighted by Crippen LogP contribution is 2.33. The number of thiophene rings is 1. The predicted molar refractivity (Wildman–Crippen MR) is 182 cm³/mol. The van der Waals surface area contributed by atoms with E-state index in [4.69, 9.17) is 0 Å². The van der Waals surface area contributed by atoms with Crippen LogP contribution in [0.1, 0.15) is 45.9 Å².